The molecule has 13 heavy (non-hydrogen) atoms. The lowest BCUT2D eigenvalue weighted by atomic mass is 10.1. The summed E-state index contributed by atoms with van der Waals surface area (Å²) in [4.78, 5) is 0. The molecule has 0 spiro atoms. The fraction of sp³-hybridized carbons (Fsp3) is 0.333. The van der Waals surface area contributed by atoms with Crippen molar-refractivity contribution in [1.29, 1.82) is 0 Å². The summed E-state index contributed by atoms with van der Waals surface area (Å²) in [5.41, 5.74) is 1.22. The largest absolute Gasteiger partial charge is 0.377 e. The molecule has 1 rings (SSSR count). The summed E-state index contributed by atoms with van der Waals surface area (Å²) in [7, 11) is 1.74. The van der Waals surface area contributed by atoms with Gasteiger partial charge in [-0.3, -0.25) is 0 Å². The van der Waals surface area contributed by atoms with Crippen LogP contribution in [-0.2, 0) is 4.74 Å². The van der Waals surface area contributed by atoms with Gasteiger partial charge in [0.2, 0.25) is 0 Å². The Kier molecular flexibility index (Phi) is 4.27. The van der Waals surface area contributed by atoms with Gasteiger partial charge in [0.05, 0.1) is 6.10 Å². The molecule has 0 amide bonds. The number of methoxy groups -OCH3 is 1. The predicted molar refractivity (Wildman–Crippen MR) is 56.6 cm³/mol. The van der Waals surface area contributed by atoms with Crippen LogP contribution in [0.1, 0.15) is 18.9 Å². The second-order valence-corrected chi connectivity index (χ2v) is 2.95. The highest BCUT2D eigenvalue weighted by molar-refractivity contribution is 5.49. The van der Waals surface area contributed by atoms with E-state index in [1.807, 2.05) is 18.2 Å². The number of hydrogen-bond donors (Lipinski definition) is 0. The third-order valence-electron chi connectivity index (χ3n) is 2.01. The van der Waals surface area contributed by atoms with Crippen LogP contribution in [0, 0.1) is 0 Å². The summed E-state index contributed by atoms with van der Waals surface area (Å²) in [5.74, 6) is 0. The number of benzene rings is 1. The molecule has 1 heteroatoms. The van der Waals surface area contributed by atoms with E-state index in [4.69, 9.17) is 4.74 Å². The Labute approximate surface area is 80.0 Å². The van der Waals surface area contributed by atoms with E-state index in [-0.39, 0.29) is 6.10 Å². The molecule has 70 valence electrons. The number of rotatable bonds is 4. The van der Waals surface area contributed by atoms with Crippen molar-refractivity contribution in [2.45, 2.75) is 19.4 Å². The van der Waals surface area contributed by atoms with E-state index < -0.39 is 0 Å². The molecule has 0 radical (unpaired) electrons. The maximum atomic E-state index is 5.23. The van der Waals surface area contributed by atoms with Gasteiger partial charge in [-0.1, -0.05) is 49.4 Å². The molecule has 0 saturated heterocycles. The molecule has 0 aliphatic rings. The minimum atomic E-state index is 0.236. The van der Waals surface area contributed by atoms with Gasteiger partial charge in [-0.15, -0.1) is 0 Å². The van der Waals surface area contributed by atoms with Gasteiger partial charge < -0.3 is 4.74 Å². The monoisotopic (exact) mass is 176 g/mol. The van der Waals surface area contributed by atoms with Crippen molar-refractivity contribution < 1.29 is 4.74 Å². The van der Waals surface area contributed by atoms with Crippen molar-refractivity contribution in [3.63, 3.8) is 0 Å². The molecule has 0 heterocycles. The Bertz CT molecular complexity index is 247. The van der Waals surface area contributed by atoms with Crippen LogP contribution in [0.15, 0.2) is 36.4 Å². The Morgan fingerprint density at radius 2 is 2.00 bits per heavy atom. The fourth-order valence-corrected chi connectivity index (χ4v) is 1.16. The lowest BCUT2D eigenvalue weighted by Gasteiger charge is -2.05. The van der Waals surface area contributed by atoms with Crippen LogP contribution < -0.4 is 0 Å². The molecular weight excluding hydrogens is 160 g/mol. The molecular formula is C12H16O. The molecule has 0 aromatic heterocycles. The maximum absolute atomic E-state index is 5.23. The smallest absolute Gasteiger partial charge is 0.0752 e. The van der Waals surface area contributed by atoms with Crippen molar-refractivity contribution in [2.75, 3.05) is 7.11 Å². The number of ether oxygens (including phenoxy) is 1. The molecule has 0 N–H and O–H groups in total. The van der Waals surface area contributed by atoms with Crippen LogP contribution in [0.3, 0.4) is 0 Å². The first kappa shape index (κ1) is 10.0. The fourth-order valence-electron chi connectivity index (χ4n) is 1.16. The Hall–Kier alpha value is -1.08. The second kappa shape index (κ2) is 5.55. The van der Waals surface area contributed by atoms with Gasteiger partial charge in [-0.25, -0.2) is 0 Å². The van der Waals surface area contributed by atoms with Gasteiger partial charge in [-0.2, -0.15) is 0 Å². The van der Waals surface area contributed by atoms with E-state index in [1.54, 1.807) is 7.11 Å². The molecule has 0 aliphatic carbocycles. The molecule has 0 bridgehead atoms. The number of hydrogen-bond acceptors (Lipinski definition) is 1. The Morgan fingerprint density at radius 1 is 1.31 bits per heavy atom. The van der Waals surface area contributed by atoms with Gasteiger partial charge in [0.15, 0.2) is 0 Å². The summed E-state index contributed by atoms with van der Waals surface area (Å²) >= 11 is 0. The van der Waals surface area contributed by atoms with Gasteiger partial charge in [0, 0.05) is 7.11 Å². The van der Waals surface area contributed by atoms with Gasteiger partial charge in [-0.05, 0) is 12.0 Å². The third kappa shape index (κ3) is 3.43. The van der Waals surface area contributed by atoms with Crippen LogP contribution >= 0.6 is 0 Å². The second-order valence-electron chi connectivity index (χ2n) is 2.95. The molecule has 1 atom stereocenters. The van der Waals surface area contributed by atoms with Gasteiger partial charge in [0.1, 0.15) is 0 Å². The van der Waals surface area contributed by atoms with Crippen LogP contribution in [0.2, 0.25) is 0 Å². The zero-order chi connectivity index (χ0) is 9.52. The normalized spacial score (nSPS) is 13.4. The summed E-state index contributed by atoms with van der Waals surface area (Å²) in [6.07, 6.45) is 5.44. The third-order valence-corrected chi connectivity index (χ3v) is 2.01. The summed E-state index contributed by atoms with van der Waals surface area (Å²) in [6, 6.07) is 10.3. The quantitative estimate of drug-likeness (QED) is 0.685. The minimum Gasteiger partial charge on any atom is -0.377 e. The lowest BCUT2D eigenvalue weighted by molar-refractivity contribution is 0.138. The molecule has 0 saturated carbocycles. The van der Waals surface area contributed by atoms with E-state index in [9.17, 15) is 0 Å². The van der Waals surface area contributed by atoms with E-state index >= 15 is 0 Å². The van der Waals surface area contributed by atoms with Crippen LogP contribution in [0.25, 0.3) is 6.08 Å². The van der Waals surface area contributed by atoms with E-state index in [1.165, 1.54) is 5.56 Å². The molecule has 0 fully saturated rings. The minimum absolute atomic E-state index is 0.236. The molecule has 1 aromatic rings. The van der Waals surface area contributed by atoms with Gasteiger partial charge in [0.25, 0.3) is 0 Å². The molecule has 0 unspecified atom stereocenters. The first-order valence-corrected chi connectivity index (χ1v) is 4.63. The van der Waals surface area contributed by atoms with E-state index in [0.717, 1.165) is 6.42 Å². The van der Waals surface area contributed by atoms with Crippen LogP contribution in [0.4, 0.5) is 0 Å². The first-order valence-electron chi connectivity index (χ1n) is 4.63. The summed E-state index contributed by atoms with van der Waals surface area (Å²) < 4.78 is 5.23. The molecule has 0 aliphatic heterocycles. The SMILES string of the molecule is CC[C@@H](/C=C/c1ccccc1)OC. The average molecular weight is 176 g/mol. The summed E-state index contributed by atoms with van der Waals surface area (Å²) in [5, 5.41) is 0. The highest BCUT2D eigenvalue weighted by atomic mass is 16.5. The molecule has 1 aromatic carbocycles. The van der Waals surface area contributed by atoms with E-state index in [2.05, 4.69) is 31.2 Å². The standard InChI is InChI=1S/C12H16O/c1-3-12(13-2)10-9-11-7-5-4-6-8-11/h4-10,12H,3H2,1-2H3/b10-9+/t12-/m0/s1. The van der Waals surface area contributed by atoms with E-state index in [0.29, 0.717) is 0 Å². The van der Waals surface area contributed by atoms with Crippen LogP contribution in [-0.4, -0.2) is 13.2 Å². The lowest BCUT2D eigenvalue weighted by Crippen LogP contribution is -2.03. The van der Waals surface area contributed by atoms with Crippen molar-refractivity contribution in [1.82, 2.24) is 0 Å². The zero-order valence-corrected chi connectivity index (χ0v) is 8.23. The first-order chi connectivity index (χ1) is 6.36. The summed E-state index contributed by atoms with van der Waals surface area (Å²) in [6.45, 7) is 2.11. The average Bonchev–Trinajstić information content (AvgIpc) is 2.21. The Morgan fingerprint density at radius 3 is 2.54 bits per heavy atom. The Balaban J connectivity index is 2.57. The maximum Gasteiger partial charge on any atom is 0.0752 e. The van der Waals surface area contributed by atoms with Crippen molar-refractivity contribution in [3.05, 3.63) is 42.0 Å². The van der Waals surface area contributed by atoms with Gasteiger partial charge >= 0.3 is 0 Å². The van der Waals surface area contributed by atoms with Crippen LogP contribution in [0.5, 0.6) is 0 Å². The predicted octanol–water partition coefficient (Wildman–Crippen LogP) is 3.12. The molecule has 1 nitrogen and oxygen atoms in total. The topological polar surface area (TPSA) is 9.23 Å². The van der Waals surface area contributed by atoms with Crippen molar-refractivity contribution >= 4 is 6.08 Å². The zero-order valence-electron chi connectivity index (χ0n) is 8.23. The van der Waals surface area contributed by atoms with Crippen molar-refractivity contribution in [2.24, 2.45) is 0 Å². The highest BCUT2D eigenvalue weighted by Crippen LogP contribution is 2.05. The van der Waals surface area contributed by atoms with Crippen molar-refractivity contribution in [3.8, 4) is 0 Å². The highest BCUT2D eigenvalue weighted by Gasteiger charge is 1.96.